The first kappa shape index (κ1) is 18.5. The van der Waals surface area contributed by atoms with Crippen molar-refractivity contribution < 1.29 is 23.4 Å². The van der Waals surface area contributed by atoms with Crippen LogP contribution in [0.15, 0.2) is 35.5 Å². The molecule has 0 fully saturated rings. The highest BCUT2D eigenvalue weighted by Crippen LogP contribution is 2.44. The molecular weight excluding hydrogens is 360 g/mol. The Bertz CT molecular complexity index is 831. The number of thiazole rings is 1. The molecule has 0 unspecified atom stereocenters. The monoisotopic (exact) mass is 379 g/mol. The maximum absolute atomic E-state index is 13.9. The van der Waals surface area contributed by atoms with Gasteiger partial charge in [-0.1, -0.05) is 12.1 Å². The largest absolute Gasteiger partial charge is 0.489 e. The van der Waals surface area contributed by atoms with Gasteiger partial charge in [0.2, 0.25) is 0 Å². The average molecular weight is 379 g/mol. The molecule has 0 saturated carbocycles. The van der Waals surface area contributed by atoms with Crippen LogP contribution in [0.25, 0.3) is 5.57 Å². The molecule has 7 heteroatoms. The van der Waals surface area contributed by atoms with Crippen LogP contribution in [0.5, 0.6) is 5.75 Å². The molecule has 1 aromatic heterocycles. The van der Waals surface area contributed by atoms with Gasteiger partial charge in [0.1, 0.15) is 12.4 Å². The van der Waals surface area contributed by atoms with Crippen molar-refractivity contribution in [2.45, 2.75) is 38.5 Å². The van der Waals surface area contributed by atoms with Gasteiger partial charge in [-0.25, -0.2) is 8.78 Å². The number of alkyl halides is 2. The van der Waals surface area contributed by atoms with Crippen LogP contribution >= 0.6 is 11.3 Å². The summed E-state index contributed by atoms with van der Waals surface area (Å²) < 4.78 is 33.6. The Morgan fingerprint density at radius 1 is 1.38 bits per heavy atom. The lowest BCUT2D eigenvalue weighted by Gasteiger charge is -2.12. The number of carbonyl (C=O) groups is 1. The molecule has 26 heavy (non-hydrogen) atoms. The number of carboxylic acid groups (broad SMARTS) is 1. The molecule has 0 aliphatic heterocycles. The van der Waals surface area contributed by atoms with E-state index < -0.39 is 11.9 Å². The molecular formula is C19H19F2NO3S. The van der Waals surface area contributed by atoms with E-state index in [1.54, 1.807) is 17.8 Å². The first-order valence-electron chi connectivity index (χ1n) is 8.26. The molecule has 2 aromatic rings. The number of rotatable bonds is 7. The van der Waals surface area contributed by atoms with Gasteiger partial charge in [-0.3, -0.25) is 9.78 Å². The first-order valence-corrected chi connectivity index (χ1v) is 9.14. The second-order valence-electron chi connectivity index (χ2n) is 6.44. The van der Waals surface area contributed by atoms with Crippen molar-refractivity contribution in [1.29, 1.82) is 0 Å². The molecule has 138 valence electrons. The maximum atomic E-state index is 13.9. The Balaban J connectivity index is 1.71. The highest BCUT2D eigenvalue weighted by molar-refractivity contribution is 7.10. The Morgan fingerprint density at radius 2 is 2.19 bits per heavy atom. The Kier molecular flexibility index (Phi) is 5.36. The van der Waals surface area contributed by atoms with E-state index in [2.05, 4.69) is 4.98 Å². The third-order valence-corrected chi connectivity index (χ3v) is 5.17. The molecule has 0 bridgehead atoms. The molecule has 0 radical (unpaired) electrons. The number of hydrogen-bond acceptors (Lipinski definition) is 4. The lowest BCUT2D eigenvalue weighted by molar-refractivity contribution is -0.136. The van der Waals surface area contributed by atoms with E-state index in [-0.39, 0.29) is 25.9 Å². The van der Waals surface area contributed by atoms with E-state index in [1.165, 1.54) is 11.3 Å². The van der Waals surface area contributed by atoms with Crippen LogP contribution in [0.3, 0.4) is 0 Å². The van der Waals surface area contributed by atoms with Crippen LogP contribution in [0.4, 0.5) is 8.78 Å². The van der Waals surface area contributed by atoms with E-state index in [0.29, 0.717) is 23.3 Å². The first-order chi connectivity index (χ1) is 12.3. The quantitative estimate of drug-likeness (QED) is 0.756. The number of allylic oxidation sites excluding steroid dienone is 1. The van der Waals surface area contributed by atoms with Gasteiger partial charge in [0.05, 0.1) is 10.4 Å². The molecule has 0 saturated heterocycles. The van der Waals surface area contributed by atoms with Gasteiger partial charge in [0.15, 0.2) is 0 Å². The summed E-state index contributed by atoms with van der Waals surface area (Å²) >= 11 is 1.35. The van der Waals surface area contributed by atoms with Gasteiger partial charge >= 0.3 is 5.97 Å². The molecule has 0 atom stereocenters. The highest BCUT2D eigenvalue weighted by Gasteiger charge is 2.40. The number of ether oxygens (including phenoxy) is 1. The SMILES string of the molecule is Cc1cc(CCC(=O)O)ccc1OCC1=C(c2cncs2)CC(F)(F)C1. The molecule has 0 spiro atoms. The van der Waals surface area contributed by atoms with Crippen LogP contribution in [0.2, 0.25) is 0 Å². The number of aryl methyl sites for hydroxylation is 2. The van der Waals surface area contributed by atoms with Crippen molar-refractivity contribution in [3.8, 4) is 5.75 Å². The summed E-state index contributed by atoms with van der Waals surface area (Å²) in [6.45, 7) is 1.97. The molecule has 1 aliphatic rings. The number of aliphatic carboxylic acids is 1. The summed E-state index contributed by atoms with van der Waals surface area (Å²) in [6.07, 6.45) is 1.56. The van der Waals surface area contributed by atoms with Gasteiger partial charge in [-0.15, -0.1) is 11.3 Å². The number of hydrogen-bond donors (Lipinski definition) is 1. The zero-order valence-electron chi connectivity index (χ0n) is 14.3. The van der Waals surface area contributed by atoms with Crippen LogP contribution in [-0.4, -0.2) is 28.6 Å². The van der Waals surface area contributed by atoms with Crippen molar-refractivity contribution in [1.82, 2.24) is 4.98 Å². The van der Waals surface area contributed by atoms with E-state index in [9.17, 15) is 13.6 Å². The molecule has 1 N–H and O–H groups in total. The zero-order chi connectivity index (χ0) is 18.7. The topological polar surface area (TPSA) is 59.4 Å². The van der Waals surface area contributed by atoms with Crippen molar-refractivity contribution in [3.05, 3.63) is 51.5 Å². The van der Waals surface area contributed by atoms with Gasteiger partial charge in [-0.2, -0.15) is 0 Å². The van der Waals surface area contributed by atoms with Crippen molar-refractivity contribution >= 4 is 22.9 Å². The molecule has 1 heterocycles. The predicted molar refractivity (Wildman–Crippen MR) is 95.8 cm³/mol. The molecule has 1 aliphatic carbocycles. The predicted octanol–water partition coefficient (Wildman–Crippen LogP) is 4.73. The second-order valence-corrected chi connectivity index (χ2v) is 7.33. The van der Waals surface area contributed by atoms with Gasteiger partial charge in [0, 0.05) is 25.5 Å². The van der Waals surface area contributed by atoms with Gasteiger partial charge in [-0.05, 0) is 41.7 Å². The highest BCUT2D eigenvalue weighted by atomic mass is 32.1. The summed E-state index contributed by atoms with van der Waals surface area (Å²) in [5, 5.41) is 8.76. The summed E-state index contributed by atoms with van der Waals surface area (Å²) in [5.74, 6) is -2.96. The van der Waals surface area contributed by atoms with E-state index in [1.807, 2.05) is 19.1 Å². The summed E-state index contributed by atoms with van der Waals surface area (Å²) in [7, 11) is 0. The smallest absolute Gasteiger partial charge is 0.303 e. The minimum atomic E-state index is -2.74. The third-order valence-electron chi connectivity index (χ3n) is 4.33. The number of aromatic nitrogens is 1. The summed E-state index contributed by atoms with van der Waals surface area (Å²) in [6, 6.07) is 5.46. The minimum absolute atomic E-state index is 0.0693. The number of halogens is 2. The van der Waals surface area contributed by atoms with Crippen LogP contribution in [0.1, 0.15) is 35.3 Å². The Hall–Kier alpha value is -2.28. The fourth-order valence-corrected chi connectivity index (χ4v) is 3.79. The normalized spacial score (nSPS) is 16.1. The summed E-state index contributed by atoms with van der Waals surface area (Å²) in [4.78, 5) is 15.4. The third kappa shape index (κ3) is 4.46. The lowest BCUT2D eigenvalue weighted by atomic mass is 10.1. The minimum Gasteiger partial charge on any atom is -0.489 e. The number of benzene rings is 1. The Labute approximate surface area is 154 Å². The molecule has 3 rings (SSSR count). The lowest BCUT2D eigenvalue weighted by Crippen LogP contribution is -2.11. The molecule has 0 amide bonds. The second kappa shape index (κ2) is 7.53. The van der Waals surface area contributed by atoms with E-state index >= 15 is 0 Å². The number of carboxylic acids is 1. The van der Waals surface area contributed by atoms with E-state index in [4.69, 9.17) is 9.84 Å². The van der Waals surface area contributed by atoms with Crippen molar-refractivity contribution in [3.63, 3.8) is 0 Å². The standard InChI is InChI=1S/C19H19F2NO3S/c1-12-6-13(3-5-18(23)24)2-4-16(12)25-10-14-7-19(20,21)8-15(14)17-9-22-11-26-17/h2,4,6,9,11H,3,5,7-8,10H2,1H3,(H,23,24). The number of nitrogens with zero attached hydrogens (tertiary/aromatic N) is 1. The fraction of sp³-hybridized carbons (Fsp3) is 0.368. The van der Waals surface area contributed by atoms with Crippen LogP contribution < -0.4 is 4.74 Å². The van der Waals surface area contributed by atoms with Gasteiger partial charge < -0.3 is 9.84 Å². The molecule has 4 nitrogen and oxygen atoms in total. The maximum Gasteiger partial charge on any atom is 0.303 e. The zero-order valence-corrected chi connectivity index (χ0v) is 15.1. The van der Waals surface area contributed by atoms with Crippen molar-refractivity contribution in [2.75, 3.05) is 6.61 Å². The summed E-state index contributed by atoms with van der Waals surface area (Å²) in [5.41, 5.74) is 4.64. The van der Waals surface area contributed by atoms with Crippen molar-refractivity contribution in [2.24, 2.45) is 0 Å². The van der Waals surface area contributed by atoms with Crippen LogP contribution in [-0.2, 0) is 11.2 Å². The molecule has 1 aromatic carbocycles. The van der Waals surface area contributed by atoms with Crippen LogP contribution in [0, 0.1) is 6.92 Å². The van der Waals surface area contributed by atoms with E-state index in [0.717, 1.165) is 16.0 Å². The fourth-order valence-electron chi connectivity index (χ4n) is 3.07. The van der Waals surface area contributed by atoms with Gasteiger partial charge in [0.25, 0.3) is 5.92 Å². The Morgan fingerprint density at radius 3 is 2.85 bits per heavy atom. The average Bonchev–Trinajstić information content (AvgIpc) is 3.19.